The molecule has 0 unspecified atom stereocenters. The van der Waals surface area contributed by atoms with Crippen LogP contribution in [0.15, 0.2) is 16.8 Å². The summed E-state index contributed by atoms with van der Waals surface area (Å²) in [6.07, 6.45) is 0.250. The number of hydrogen-bond acceptors (Lipinski definition) is 3. The molecule has 1 rings (SSSR count). The Labute approximate surface area is 62.3 Å². The Morgan fingerprint density at radius 3 is 3.10 bits per heavy atom. The molecular formula is C6H7NO2S. The number of carbonyl (C=O) groups excluding carboxylic acids is 1. The van der Waals surface area contributed by atoms with Crippen molar-refractivity contribution in [2.45, 2.75) is 6.42 Å². The highest BCUT2D eigenvalue weighted by Gasteiger charge is 1.99. The van der Waals surface area contributed by atoms with E-state index in [1.807, 2.05) is 16.8 Å². The second-order valence-corrected chi connectivity index (χ2v) is 2.62. The summed E-state index contributed by atoms with van der Waals surface area (Å²) in [6, 6.07) is 1.85. The van der Waals surface area contributed by atoms with Crippen LogP contribution in [0.2, 0.25) is 0 Å². The van der Waals surface area contributed by atoms with Crippen LogP contribution in [0.4, 0.5) is 0 Å². The van der Waals surface area contributed by atoms with E-state index in [0.717, 1.165) is 5.56 Å². The molecule has 10 heavy (non-hydrogen) atoms. The van der Waals surface area contributed by atoms with E-state index in [0.29, 0.717) is 0 Å². The molecule has 0 bridgehead atoms. The van der Waals surface area contributed by atoms with Crippen molar-refractivity contribution in [1.82, 2.24) is 5.48 Å². The zero-order chi connectivity index (χ0) is 7.40. The summed E-state index contributed by atoms with van der Waals surface area (Å²) in [5.74, 6) is -0.376. The highest BCUT2D eigenvalue weighted by atomic mass is 32.1. The third kappa shape index (κ3) is 1.82. The molecule has 1 amide bonds. The Balaban J connectivity index is 2.48. The summed E-state index contributed by atoms with van der Waals surface area (Å²) in [4.78, 5) is 10.5. The van der Waals surface area contributed by atoms with E-state index in [4.69, 9.17) is 5.21 Å². The summed E-state index contributed by atoms with van der Waals surface area (Å²) in [6.45, 7) is 0. The van der Waals surface area contributed by atoms with E-state index in [1.165, 1.54) is 11.3 Å². The molecule has 0 saturated carbocycles. The second kappa shape index (κ2) is 3.34. The van der Waals surface area contributed by atoms with Crippen LogP contribution in [0.1, 0.15) is 5.56 Å². The lowest BCUT2D eigenvalue weighted by Crippen LogP contribution is -2.20. The molecule has 1 aromatic heterocycles. The monoisotopic (exact) mass is 157 g/mol. The van der Waals surface area contributed by atoms with Gasteiger partial charge in [-0.05, 0) is 22.4 Å². The number of thiophene rings is 1. The number of hydrogen-bond donors (Lipinski definition) is 2. The van der Waals surface area contributed by atoms with Crippen LogP contribution >= 0.6 is 11.3 Å². The van der Waals surface area contributed by atoms with Gasteiger partial charge in [0.25, 0.3) is 0 Å². The Morgan fingerprint density at radius 1 is 1.80 bits per heavy atom. The van der Waals surface area contributed by atoms with Gasteiger partial charge < -0.3 is 0 Å². The van der Waals surface area contributed by atoms with E-state index >= 15 is 0 Å². The fraction of sp³-hybridized carbons (Fsp3) is 0.167. The summed E-state index contributed by atoms with van der Waals surface area (Å²) in [5.41, 5.74) is 2.50. The molecule has 2 N–H and O–H groups in total. The van der Waals surface area contributed by atoms with Crippen molar-refractivity contribution in [1.29, 1.82) is 0 Å². The quantitative estimate of drug-likeness (QED) is 0.492. The van der Waals surface area contributed by atoms with Crippen molar-refractivity contribution in [2.75, 3.05) is 0 Å². The Morgan fingerprint density at radius 2 is 2.60 bits per heavy atom. The summed E-state index contributed by atoms with van der Waals surface area (Å²) < 4.78 is 0. The summed E-state index contributed by atoms with van der Waals surface area (Å²) in [7, 11) is 0. The van der Waals surface area contributed by atoms with Crippen LogP contribution < -0.4 is 5.48 Å². The maximum absolute atomic E-state index is 10.5. The zero-order valence-electron chi connectivity index (χ0n) is 5.20. The maximum atomic E-state index is 10.5. The fourth-order valence-electron chi connectivity index (χ4n) is 0.618. The molecule has 1 aromatic rings. The first-order chi connectivity index (χ1) is 4.83. The molecule has 0 spiro atoms. The van der Waals surface area contributed by atoms with Gasteiger partial charge in [-0.2, -0.15) is 11.3 Å². The highest BCUT2D eigenvalue weighted by Crippen LogP contribution is 2.05. The van der Waals surface area contributed by atoms with Gasteiger partial charge in [-0.25, -0.2) is 5.48 Å². The minimum atomic E-state index is -0.376. The normalized spacial score (nSPS) is 9.30. The molecule has 0 fully saturated rings. The summed E-state index contributed by atoms with van der Waals surface area (Å²) in [5, 5.41) is 11.9. The number of hydroxylamine groups is 1. The lowest BCUT2D eigenvalue weighted by atomic mass is 10.2. The third-order valence-electron chi connectivity index (χ3n) is 1.07. The van der Waals surface area contributed by atoms with Crippen molar-refractivity contribution < 1.29 is 10.0 Å². The molecule has 0 aliphatic heterocycles. The van der Waals surface area contributed by atoms with Crippen LogP contribution in [0.25, 0.3) is 0 Å². The average Bonchev–Trinajstić information content (AvgIpc) is 2.40. The average molecular weight is 157 g/mol. The predicted molar refractivity (Wildman–Crippen MR) is 38.0 cm³/mol. The van der Waals surface area contributed by atoms with Crippen molar-refractivity contribution in [3.05, 3.63) is 22.4 Å². The molecule has 0 saturated heterocycles. The molecule has 0 aromatic carbocycles. The molecule has 4 heteroatoms. The van der Waals surface area contributed by atoms with Gasteiger partial charge in [-0.3, -0.25) is 10.0 Å². The Kier molecular flexibility index (Phi) is 2.42. The van der Waals surface area contributed by atoms with Gasteiger partial charge in [0, 0.05) is 0 Å². The van der Waals surface area contributed by atoms with Gasteiger partial charge in [-0.15, -0.1) is 0 Å². The van der Waals surface area contributed by atoms with Crippen LogP contribution in [0.3, 0.4) is 0 Å². The fourth-order valence-corrected chi connectivity index (χ4v) is 1.29. The van der Waals surface area contributed by atoms with Crippen LogP contribution in [0.5, 0.6) is 0 Å². The number of carbonyl (C=O) groups is 1. The smallest absolute Gasteiger partial charge is 0.247 e. The van der Waals surface area contributed by atoms with Crippen LogP contribution in [0, 0.1) is 0 Å². The minimum Gasteiger partial charge on any atom is -0.289 e. The standard InChI is InChI=1S/C6H7NO2S/c8-6(7-9)3-5-1-2-10-4-5/h1-2,4,9H,3H2,(H,7,8). The molecule has 0 atom stereocenters. The van der Waals surface area contributed by atoms with Crippen LogP contribution in [-0.4, -0.2) is 11.1 Å². The highest BCUT2D eigenvalue weighted by molar-refractivity contribution is 7.07. The van der Waals surface area contributed by atoms with Crippen molar-refractivity contribution >= 4 is 17.2 Å². The van der Waals surface area contributed by atoms with E-state index in [-0.39, 0.29) is 12.3 Å². The predicted octanol–water partition coefficient (Wildman–Crippen LogP) is 0.796. The van der Waals surface area contributed by atoms with Gasteiger partial charge in [0.2, 0.25) is 5.91 Å². The molecule has 0 aliphatic carbocycles. The first kappa shape index (κ1) is 7.24. The van der Waals surface area contributed by atoms with Crippen LogP contribution in [-0.2, 0) is 11.2 Å². The topological polar surface area (TPSA) is 49.3 Å². The minimum absolute atomic E-state index is 0.250. The van der Waals surface area contributed by atoms with Gasteiger partial charge in [-0.1, -0.05) is 0 Å². The molecule has 0 aliphatic rings. The zero-order valence-corrected chi connectivity index (χ0v) is 6.02. The van der Waals surface area contributed by atoms with Gasteiger partial charge in [0.05, 0.1) is 6.42 Å². The number of nitrogens with one attached hydrogen (secondary N) is 1. The maximum Gasteiger partial charge on any atom is 0.247 e. The van der Waals surface area contributed by atoms with E-state index in [2.05, 4.69) is 0 Å². The number of amides is 1. The molecule has 3 nitrogen and oxygen atoms in total. The number of rotatable bonds is 2. The Hall–Kier alpha value is -0.870. The first-order valence-electron chi connectivity index (χ1n) is 2.77. The molecule has 54 valence electrons. The van der Waals surface area contributed by atoms with E-state index in [1.54, 1.807) is 5.48 Å². The van der Waals surface area contributed by atoms with Gasteiger partial charge in [0.1, 0.15) is 0 Å². The Bertz CT molecular complexity index is 208. The van der Waals surface area contributed by atoms with Crippen molar-refractivity contribution in [3.63, 3.8) is 0 Å². The lowest BCUT2D eigenvalue weighted by molar-refractivity contribution is -0.128. The van der Waals surface area contributed by atoms with E-state index in [9.17, 15) is 4.79 Å². The third-order valence-corrected chi connectivity index (χ3v) is 1.80. The van der Waals surface area contributed by atoms with Gasteiger partial charge in [0.15, 0.2) is 0 Å². The van der Waals surface area contributed by atoms with Crippen molar-refractivity contribution in [3.8, 4) is 0 Å². The SMILES string of the molecule is O=C(Cc1ccsc1)NO. The molecule has 1 heterocycles. The van der Waals surface area contributed by atoms with E-state index < -0.39 is 0 Å². The second-order valence-electron chi connectivity index (χ2n) is 1.84. The lowest BCUT2D eigenvalue weighted by Gasteiger charge is -1.92. The van der Waals surface area contributed by atoms with Gasteiger partial charge >= 0.3 is 0 Å². The summed E-state index contributed by atoms with van der Waals surface area (Å²) >= 11 is 1.53. The van der Waals surface area contributed by atoms with Crippen molar-refractivity contribution in [2.24, 2.45) is 0 Å². The largest absolute Gasteiger partial charge is 0.289 e. The molecular weight excluding hydrogens is 150 g/mol. The first-order valence-corrected chi connectivity index (χ1v) is 3.71. The molecule has 0 radical (unpaired) electrons.